The summed E-state index contributed by atoms with van der Waals surface area (Å²) in [5, 5.41) is 2.86. The first-order valence-corrected chi connectivity index (χ1v) is 10.5. The molecule has 7 heteroatoms. The lowest BCUT2D eigenvalue weighted by Gasteiger charge is -2.27. The van der Waals surface area contributed by atoms with Crippen molar-refractivity contribution in [1.29, 1.82) is 0 Å². The van der Waals surface area contributed by atoms with Crippen LogP contribution in [0, 0.1) is 0 Å². The van der Waals surface area contributed by atoms with E-state index in [1.807, 2.05) is 19.1 Å². The Labute approximate surface area is 191 Å². The first-order chi connectivity index (χ1) is 15.9. The number of hydrogen-bond acceptors (Lipinski definition) is 4. The highest BCUT2D eigenvalue weighted by atomic mass is 16.2. The van der Waals surface area contributed by atoms with Crippen molar-refractivity contribution in [2.75, 3.05) is 18.9 Å². The summed E-state index contributed by atoms with van der Waals surface area (Å²) in [7, 11) is 1.63. The molecule has 1 heterocycles. The summed E-state index contributed by atoms with van der Waals surface area (Å²) in [6, 6.07) is 22.3. The number of nitrogens with zero attached hydrogens (tertiary/aromatic N) is 2. The van der Waals surface area contributed by atoms with Gasteiger partial charge in [0.25, 0.3) is 17.7 Å². The summed E-state index contributed by atoms with van der Waals surface area (Å²) >= 11 is 0. The standard InChI is InChI=1S/C26H23N3O4/c1-17(19-11-8-12-20(15-19)27-24(31)18-9-4-3-5-10-18)28(2)23(30)16-29-25(32)21-13-6-7-14-22(21)26(29)33/h3-15,17H,16H2,1-2H3,(H,27,31)/t17-/m0/s1. The Morgan fingerprint density at radius 3 is 2.12 bits per heavy atom. The van der Waals surface area contributed by atoms with E-state index in [0.717, 1.165) is 10.5 Å². The van der Waals surface area contributed by atoms with Crippen LogP contribution in [0.15, 0.2) is 78.9 Å². The Kier molecular flexibility index (Phi) is 6.04. The number of rotatable bonds is 6. The molecule has 7 nitrogen and oxygen atoms in total. The van der Waals surface area contributed by atoms with E-state index in [1.54, 1.807) is 73.8 Å². The van der Waals surface area contributed by atoms with Crippen LogP contribution in [0.2, 0.25) is 0 Å². The van der Waals surface area contributed by atoms with Crippen LogP contribution >= 0.6 is 0 Å². The third kappa shape index (κ3) is 4.39. The Morgan fingerprint density at radius 1 is 0.879 bits per heavy atom. The van der Waals surface area contributed by atoms with Crippen LogP contribution in [0.3, 0.4) is 0 Å². The molecule has 1 N–H and O–H groups in total. The maximum atomic E-state index is 12.9. The van der Waals surface area contributed by atoms with Gasteiger partial charge in [-0.3, -0.25) is 24.1 Å². The van der Waals surface area contributed by atoms with E-state index >= 15 is 0 Å². The van der Waals surface area contributed by atoms with Crippen molar-refractivity contribution in [1.82, 2.24) is 9.80 Å². The van der Waals surface area contributed by atoms with Gasteiger partial charge in [0.05, 0.1) is 17.2 Å². The molecule has 0 aromatic heterocycles. The fourth-order valence-electron chi connectivity index (χ4n) is 3.74. The van der Waals surface area contributed by atoms with Gasteiger partial charge in [-0.15, -0.1) is 0 Å². The minimum Gasteiger partial charge on any atom is -0.337 e. The van der Waals surface area contributed by atoms with Crippen molar-refractivity contribution in [2.45, 2.75) is 13.0 Å². The molecule has 0 unspecified atom stereocenters. The molecule has 3 aromatic rings. The molecule has 0 spiro atoms. The Balaban J connectivity index is 1.44. The van der Waals surface area contributed by atoms with Gasteiger partial charge in [0.1, 0.15) is 6.54 Å². The molecule has 0 saturated carbocycles. The summed E-state index contributed by atoms with van der Waals surface area (Å²) in [6.45, 7) is 1.51. The van der Waals surface area contributed by atoms with E-state index in [4.69, 9.17) is 0 Å². The van der Waals surface area contributed by atoms with Crippen molar-refractivity contribution in [3.63, 3.8) is 0 Å². The predicted molar refractivity (Wildman–Crippen MR) is 124 cm³/mol. The number of amides is 4. The van der Waals surface area contributed by atoms with Crippen LogP contribution in [0.4, 0.5) is 5.69 Å². The number of carbonyl (C=O) groups excluding carboxylic acids is 4. The SMILES string of the molecule is C[C@@H](c1cccc(NC(=O)c2ccccc2)c1)N(C)C(=O)CN1C(=O)c2ccccc2C1=O. The fourth-order valence-corrected chi connectivity index (χ4v) is 3.74. The molecule has 4 amide bonds. The highest BCUT2D eigenvalue weighted by Gasteiger charge is 2.37. The number of hydrogen-bond donors (Lipinski definition) is 1. The molecule has 0 fully saturated rings. The topological polar surface area (TPSA) is 86.8 Å². The zero-order valence-electron chi connectivity index (χ0n) is 18.3. The van der Waals surface area contributed by atoms with Crippen molar-refractivity contribution >= 4 is 29.3 Å². The number of benzene rings is 3. The smallest absolute Gasteiger partial charge is 0.262 e. The van der Waals surface area contributed by atoms with Crippen molar-refractivity contribution in [3.05, 3.63) is 101 Å². The lowest BCUT2D eigenvalue weighted by Crippen LogP contribution is -2.42. The van der Waals surface area contributed by atoms with Crippen molar-refractivity contribution in [2.24, 2.45) is 0 Å². The molecule has 4 rings (SSSR count). The number of carbonyl (C=O) groups is 4. The van der Waals surface area contributed by atoms with E-state index in [-0.39, 0.29) is 24.4 Å². The van der Waals surface area contributed by atoms with E-state index < -0.39 is 11.8 Å². The van der Waals surface area contributed by atoms with Gasteiger partial charge in [0, 0.05) is 18.3 Å². The average molecular weight is 441 g/mol. The molecular weight excluding hydrogens is 418 g/mol. The molecule has 0 aliphatic carbocycles. The molecule has 33 heavy (non-hydrogen) atoms. The summed E-state index contributed by atoms with van der Waals surface area (Å²) in [4.78, 5) is 52.9. The molecular formula is C26H23N3O4. The van der Waals surface area contributed by atoms with E-state index in [0.29, 0.717) is 22.4 Å². The number of nitrogens with one attached hydrogen (secondary N) is 1. The van der Waals surface area contributed by atoms with Crippen LogP contribution in [-0.2, 0) is 4.79 Å². The van der Waals surface area contributed by atoms with Gasteiger partial charge in [-0.2, -0.15) is 0 Å². The van der Waals surface area contributed by atoms with Crippen LogP contribution in [0.25, 0.3) is 0 Å². The van der Waals surface area contributed by atoms with E-state index in [1.165, 1.54) is 4.90 Å². The second-order valence-corrected chi connectivity index (χ2v) is 7.87. The van der Waals surface area contributed by atoms with Gasteiger partial charge >= 0.3 is 0 Å². The zero-order valence-corrected chi connectivity index (χ0v) is 18.3. The predicted octanol–water partition coefficient (Wildman–Crippen LogP) is 3.75. The first kappa shape index (κ1) is 22.0. The third-order valence-corrected chi connectivity index (χ3v) is 5.81. The molecule has 1 aliphatic heterocycles. The highest BCUT2D eigenvalue weighted by Crippen LogP contribution is 2.25. The maximum Gasteiger partial charge on any atom is 0.262 e. The number of fused-ring (bicyclic) bond motifs is 1. The Hall–Kier alpha value is -4.26. The second kappa shape index (κ2) is 9.08. The van der Waals surface area contributed by atoms with Crippen LogP contribution in [-0.4, -0.2) is 47.0 Å². The molecule has 0 bridgehead atoms. The molecule has 1 atom stereocenters. The maximum absolute atomic E-state index is 12.9. The minimum absolute atomic E-state index is 0.226. The monoisotopic (exact) mass is 441 g/mol. The highest BCUT2D eigenvalue weighted by molar-refractivity contribution is 6.22. The molecule has 0 radical (unpaired) electrons. The van der Waals surface area contributed by atoms with Gasteiger partial charge in [0.15, 0.2) is 0 Å². The molecule has 166 valence electrons. The van der Waals surface area contributed by atoms with Gasteiger partial charge in [-0.25, -0.2) is 0 Å². The number of likely N-dealkylation sites (N-methyl/N-ethyl adjacent to an activating group) is 1. The average Bonchev–Trinajstić information content (AvgIpc) is 3.08. The van der Waals surface area contributed by atoms with Gasteiger partial charge in [-0.1, -0.05) is 42.5 Å². The van der Waals surface area contributed by atoms with Gasteiger partial charge in [-0.05, 0) is 48.9 Å². The second-order valence-electron chi connectivity index (χ2n) is 7.87. The number of imide groups is 1. The minimum atomic E-state index is -0.462. The summed E-state index contributed by atoms with van der Waals surface area (Å²) in [5.74, 6) is -1.52. The Bertz CT molecular complexity index is 1200. The molecule has 1 aliphatic rings. The van der Waals surface area contributed by atoms with Crippen molar-refractivity contribution < 1.29 is 19.2 Å². The molecule has 3 aromatic carbocycles. The Morgan fingerprint density at radius 2 is 1.48 bits per heavy atom. The fraction of sp³-hybridized carbons (Fsp3) is 0.154. The summed E-state index contributed by atoms with van der Waals surface area (Å²) < 4.78 is 0. The van der Waals surface area contributed by atoms with E-state index in [9.17, 15) is 19.2 Å². The zero-order chi connectivity index (χ0) is 23.5. The lowest BCUT2D eigenvalue weighted by atomic mass is 10.1. The summed E-state index contributed by atoms with van der Waals surface area (Å²) in [6.07, 6.45) is 0. The number of anilines is 1. The van der Waals surface area contributed by atoms with Crippen LogP contribution < -0.4 is 5.32 Å². The lowest BCUT2D eigenvalue weighted by molar-refractivity contribution is -0.132. The van der Waals surface area contributed by atoms with Crippen LogP contribution in [0.1, 0.15) is 49.6 Å². The quantitative estimate of drug-likeness (QED) is 0.590. The van der Waals surface area contributed by atoms with E-state index in [2.05, 4.69) is 5.32 Å². The van der Waals surface area contributed by atoms with Crippen molar-refractivity contribution in [3.8, 4) is 0 Å². The summed E-state index contributed by atoms with van der Waals surface area (Å²) in [5.41, 5.74) is 2.58. The third-order valence-electron chi connectivity index (χ3n) is 5.81. The van der Waals surface area contributed by atoms with Crippen LogP contribution in [0.5, 0.6) is 0 Å². The van der Waals surface area contributed by atoms with Gasteiger partial charge < -0.3 is 10.2 Å². The molecule has 0 saturated heterocycles. The van der Waals surface area contributed by atoms with Gasteiger partial charge in [0.2, 0.25) is 5.91 Å². The largest absolute Gasteiger partial charge is 0.337 e. The normalized spacial score (nSPS) is 13.5. The first-order valence-electron chi connectivity index (χ1n) is 10.5.